The third-order valence-corrected chi connectivity index (χ3v) is 4.24. The van der Waals surface area contributed by atoms with E-state index in [-0.39, 0.29) is 39.0 Å². The lowest BCUT2D eigenvalue weighted by molar-refractivity contribution is 0.355. The number of fused-ring (bicyclic) bond motifs is 2. The lowest BCUT2D eigenvalue weighted by Crippen LogP contribution is -2.05. The van der Waals surface area contributed by atoms with E-state index in [0.29, 0.717) is 17.9 Å². The predicted molar refractivity (Wildman–Crippen MR) is 99.6 cm³/mol. The summed E-state index contributed by atoms with van der Waals surface area (Å²) in [5.74, 6) is 0.393. The number of aromatic hydroxyl groups is 2. The highest BCUT2D eigenvalue weighted by molar-refractivity contribution is 5.96. The van der Waals surface area contributed by atoms with Gasteiger partial charge in [0.05, 0.1) is 19.6 Å². The molecule has 1 heterocycles. The molecule has 0 aliphatic heterocycles. The molecule has 0 fully saturated rings. The smallest absolute Gasteiger partial charge is 0.204 e. The molecule has 1 aromatic heterocycles. The van der Waals surface area contributed by atoms with Crippen LogP contribution < -0.4 is 14.9 Å². The van der Waals surface area contributed by atoms with Crippen LogP contribution in [0.15, 0.2) is 39.1 Å². The maximum Gasteiger partial charge on any atom is 0.204 e. The van der Waals surface area contributed by atoms with Gasteiger partial charge in [0, 0.05) is 17.7 Å². The summed E-state index contributed by atoms with van der Waals surface area (Å²) in [6.07, 6.45) is 2.16. The Morgan fingerprint density at radius 1 is 1.08 bits per heavy atom. The monoisotopic (exact) mass is 356 g/mol. The van der Waals surface area contributed by atoms with Crippen LogP contribution >= 0.6 is 0 Å². The predicted octanol–water partition coefficient (Wildman–Crippen LogP) is 3.88. The van der Waals surface area contributed by atoms with Gasteiger partial charge in [-0.05, 0) is 26.3 Å². The minimum absolute atomic E-state index is 0.0275. The van der Waals surface area contributed by atoms with Gasteiger partial charge in [-0.3, -0.25) is 4.79 Å². The van der Waals surface area contributed by atoms with Crippen LogP contribution in [-0.2, 0) is 6.42 Å². The molecule has 26 heavy (non-hydrogen) atoms. The highest BCUT2D eigenvalue weighted by Gasteiger charge is 2.19. The zero-order chi connectivity index (χ0) is 19.0. The number of benzene rings is 2. The Labute approximate surface area is 149 Å². The Bertz CT molecular complexity index is 1090. The van der Waals surface area contributed by atoms with Gasteiger partial charge in [-0.2, -0.15) is 0 Å². The Morgan fingerprint density at radius 3 is 2.35 bits per heavy atom. The average molecular weight is 356 g/mol. The summed E-state index contributed by atoms with van der Waals surface area (Å²) in [6.45, 7) is 3.83. The minimum Gasteiger partial charge on any atom is -0.507 e. The van der Waals surface area contributed by atoms with Crippen LogP contribution in [0.2, 0.25) is 0 Å². The van der Waals surface area contributed by atoms with E-state index in [2.05, 4.69) is 0 Å². The van der Waals surface area contributed by atoms with Crippen molar-refractivity contribution in [3.63, 3.8) is 0 Å². The molecular weight excluding hydrogens is 336 g/mol. The van der Waals surface area contributed by atoms with E-state index in [4.69, 9.17) is 13.9 Å². The number of ether oxygens (including phenoxy) is 2. The van der Waals surface area contributed by atoms with Crippen molar-refractivity contribution in [2.24, 2.45) is 0 Å². The van der Waals surface area contributed by atoms with Crippen LogP contribution in [0.4, 0.5) is 0 Å². The van der Waals surface area contributed by atoms with E-state index in [1.165, 1.54) is 26.4 Å². The molecule has 0 spiro atoms. The third kappa shape index (κ3) is 2.83. The quantitative estimate of drug-likeness (QED) is 0.545. The molecule has 0 radical (unpaired) electrons. The first-order valence-corrected chi connectivity index (χ1v) is 8.07. The summed E-state index contributed by atoms with van der Waals surface area (Å²) in [7, 11) is 2.95. The number of allylic oxidation sites excluding steroid dienone is 2. The van der Waals surface area contributed by atoms with E-state index in [1.807, 2.05) is 19.9 Å². The van der Waals surface area contributed by atoms with Crippen molar-refractivity contribution in [3.05, 3.63) is 45.6 Å². The van der Waals surface area contributed by atoms with Crippen molar-refractivity contribution in [1.29, 1.82) is 0 Å². The zero-order valence-electron chi connectivity index (χ0n) is 15.0. The fourth-order valence-corrected chi connectivity index (χ4v) is 2.86. The first-order valence-electron chi connectivity index (χ1n) is 8.07. The van der Waals surface area contributed by atoms with Crippen molar-refractivity contribution < 1.29 is 24.1 Å². The standard InChI is InChI=1S/C20H20O6/c1-10(2)5-6-11-13(21)8-17-18(19(11)22)20(23)12-7-15(24-3)16(25-4)9-14(12)26-17/h5,7-9,21-22H,6H2,1-4H3. The van der Waals surface area contributed by atoms with Crippen molar-refractivity contribution in [3.8, 4) is 23.0 Å². The van der Waals surface area contributed by atoms with Gasteiger partial charge in [-0.15, -0.1) is 0 Å². The number of hydrogen-bond acceptors (Lipinski definition) is 6. The van der Waals surface area contributed by atoms with Crippen molar-refractivity contribution in [1.82, 2.24) is 0 Å². The maximum absolute atomic E-state index is 13.0. The first kappa shape index (κ1) is 17.7. The number of hydrogen-bond donors (Lipinski definition) is 2. The second-order valence-electron chi connectivity index (χ2n) is 6.22. The summed E-state index contributed by atoms with van der Waals surface area (Å²) in [5.41, 5.74) is 1.29. The summed E-state index contributed by atoms with van der Waals surface area (Å²) in [4.78, 5) is 13.0. The van der Waals surface area contributed by atoms with Crippen LogP contribution in [0.1, 0.15) is 19.4 Å². The van der Waals surface area contributed by atoms with Crippen LogP contribution in [0.5, 0.6) is 23.0 Å². The van der Waals surface area contributed by atoms with E-state index in [1.54, 1.807) is 6.07 Å². The van der Waals surface area contributed by atoms with Crippen LogP contribution in [0.3, 0.4) is 0 Å². The first-order chi connectivity index (χ1) is 12.4. The molecule has 6 heteroatoms. The summed E-state index contributed by atoms with van der Waals surface area (Å²) < 4.78 is 16.2. The fraction of sp³-hybridized carbons (Fsp3) is 0.250. The summed E-state index contributed by atoms with van der Waals surface area (Å²) >= 11 is 0. The lowest BCUT2D eigenvalue weighted by Gasteiger charge is -2.11. The largest absolute Gasteiger partial charge is 0.507 e. The molecule has 0 unspecified atom stereocenters. The van der Waals surface area contributed by atoms with Gasteiger partial charge in [0.1, 0.15) is 28.1 Å². The van der Waals surface area contributed by atoms with Gasteiger partial charge >= 0.3 is 0 Å². The van der Waals surface area contributed by atoms with Crippen LogP contribution in [0.25, 0.3) is 21.9 Å². The van der Waals surface area contributed by atoms with E-state index in [0.717, 1.165) is 5.57 Å². The van der Waals surface area contributed by atoms with Gasteiger partial charge < -0.3 is 24.1 Å². The molecule has 3 aromatic rings. The Kier molecular flexibility index (Phi) is 4.50. The van der Waals surface area contributed by atoms with E-state index < -0.39 is 5.43 Å². The maximum atomic E-state index is 13.0. The highest BCUT2D eigenvalue weighted by Crippen LogP contribution is 2.38. The number of phenols is 2. The van der Waals surface area contributed by atoms with Crippen LogP contribution in [0, 0.1) is 0 Å². The topological polar surface area (TPSA) is 89.1 Å². The molecule has 6 nitrogen and oxygen atoms in total. The number of rotatable bonds is 4. The summed E-state index contributed by atoms with van der Waals surface area (Å²) in [6, 6.07) is 4.41. The van der Waals surface area contributed by atoms with E-state index >= 15 is 0 Å². The van der Waals surface area contributed by atoms with Gasteiger partial charge in [-0.25, -0.2) is 0 Å². The molecule has 0 saturated heterocycles. The molecule has 0 saturated carbocycles. The van der Waals surface area contributed by atoms with E-state index in [9.17, 15) is 15.0 Å². The average Bonchev–Trinajstić information content (AvgIpc) is 2.59. The van der Waals surface area contributed by atoms with Crippen molar-refractivity contribution >= 4 is 21.9 Å². The third-order valence-electron chi connectivity index (χ3n) is 4.24. The number of methoxy groups -OCH3 is 2. The van der Waals surface area contributed by atoms with Gasteiger partial charge in [0.25, 0.3) is 0 Å². The normalized spacial score (nSPS) is 10.9. The zero-order valence-corrected chi connectivity index (χ0v) is 15.0. The summed E-state index contributed by atoms with van der Waals surface area (Å²) in [5, 5.41) is 21.1. The molecule has 0 amide bonds. The molecule has 0 aliphatic rings. The second kappa shape index (κ2) is 6.63. The number of phenolic OH excluding ortho intramolecular Hbond substituents is 2. The molecule has 0 aliphatic carbocycles. The minimum atomic E-state index is -0.404. The molecule has 3 rings (SSSR count). The molecular formula is C20H20O6. The van der Waals surface area contributed by atoms with Gasteiger partial charge in [-0.1, -0.05) is 11.6 Å². The molecule has 136 valence electrons. The Hall–Kier alpha value is -3.15. The fourth-order valence-electron chi connectivity index (χ4n) is 2.86. The van der Waals surface area contributed by atoms with Crippen molar-refractivity contribution in [2.45, 2.75) is 20.3 Å². The SMILES string of the molecule is COc1cc2oc3cc(O)c(CC=C(C)C)c(O)c3c(=O)c2cc1OC. The Balaban J connectivity index is 2.38. The Morgan fingerprint density at radius 2 is 1.73 bits per heavy atom. The van der Waals surface area contributed by atoms with Crippen molar-refractivity contribution in [2.75, 3.05) is 14.2 Å². The lowest BCUT2D eigenvalue weighted by atomic mass is 10.0. The van der Waals surface area contributed by atoms with Gasteiger partial charge in [0.2, 0.25) is 5.43 Å². The second-order valence-corrected chi connectivity index (χ2v) is 6.22. The molecule has 2 aromatic carbocycles. The van der Waals surface area contributed by atoms with Gasteiger partial charge in [0.15, 0.2) is 11.5 Å². The highest BCUT2D eigenvalue weighted by atomic mass is 16.5. The molecule has 0 bridgehead atoms. The van der Waals surface area contributed by atoms with Crippen LogP contribution in [-0.4, -0.2) is 24.4 Å². The molecule has 0 atom stereocenters. The molecule has 2 N–H and O–H groups in total.